The number of aliphatic imine (C=N–C) groups is 1. The summed E-state index contributed by atoms with van der Waals surface area (Å²) < 4.78 is 21.5. The van der Waals surface area contributed by atoms with Crippen molar-refractivity contribution >= 4 is 11.8 Å². The van der Waals surface area contributed by atoms with Crippen molar-refractivity contribution in [3.8, 4) is 28.4 Å². The van der Waals surface area contributed by atoms with E-state index in [1.807, 2.05) is 105 Å². The van der Waals surface area contributed by atoms with Crippen molar-refractivity contribution in [2.24, 2.45) is 4.99 Å². The van der Waals surface area contributed by atoms with Gasteiger partial charge in [0, 0.05) is 35.0 Å². The van der Waals surface area contributed by atoms with Gasteiger partial charge in [-0.1, -0.05) is 91.0 Å². The number of hydrogen-bond donors (Lipinski definition) is 0. The van der Waals surface area contributed by atoms with Gasteiger partial charge in [0.05, 0.1) is 11.8 Å². The maximum absolute atomic E-state index is 15.8. The molecule has 0 fully saturated rings. The lowest BCUT2D eigenvalue weighted by atomic mass is 9.77. The number of pyridine rings is 1. The molecule has 2 heterocycles. The number of nitrogens with zero attached hydrogens (tertiary/aromatic N) is 6. The van der Waals surface area contributed by atoms with E-state index in [9.17, 15) is 4.79 Å². The van der Waals surface area contributed by atoms with Gasteiger partial charge in [0.25, 0.3) is 0 Å². The van der Waals surface area contributed by atoms with E-state index >= 15 is 4.39 Å². The van der Waals surface area contributed by atoms with E-state index in [-0.39, 0.29) is 28.7 Å². The van der Waals surface area contributed by atoms with Crippen molar-refractivity contribution in [1.82, 2.24) is 25.2 Å². The Kier molecular flexibility index (Phi) is 7.86. The molecule has 0 bridgehead atoms. The molecule has 0 unspecified atom stereocenters. The Hall–Kier alpha value is -5.79. The Labute approximate surface area is 253 Å². The molecule has 0 amide bonds. The molecular formula is C35H27FN6O2. The van der Waals surface area contributed by atoms with Crippen molar-refractivity contribution in [1.29, 1.82) is 0 Å². The Morgan fingerprint density at radius 3 is 1.93 bits per heavy atom. The zero-order chi connectivity index (χ0) is 30.5. The zero-order valence-corrected chi connectivity index (χ0v) is 24.0. The highest BCUT2D eigenvalue weighted by molar-refractivity contribution is 5.83. The summed E-state index contributed by atoms with van der Waals surface area (Å²) in [5.41, 5.74) is 2.68. The van der Waals surface area contributed by atoms with Crippen LogP contribution in [0.4, 0.5) is 10.1 Å². The molecule has 0 spiro atoms. The fourth-order valence-electron chi connectivity index (χ4n) is 5.37. The van der Waals surface area contributed by atoms with Crippen LogP contribution in [-0.4, -0.2) is 37.4 Å². The monoisotopic (exact) mass is 582 g/mol. The minimum atomic E-state index is -1.02. The van der Waals surface area contributed by atoms with E-state index in [2.05, 4.69) is 20.3 Å². The van der Waals surface area contributed by atoms with Gasteiger partial charge in [-0.25, -0.2) is 14.2 Å². The van der Waals surface area contributed by atoms with Gasteiger partial charge in [0.15, 0.2) is 5.54 Å². The first kappa shape index (κ1) is 28.3. The summed E-state index contributed by atoms with van der Waals surface area (Å²) in [4.78, 5) is 20.7. The van der Waals surface area contributed by atoms with Gasteiger partial charge in [-0.3, -0.25) is 0 Å². The van der Waals surface area contributed by atoms with Crippen molar-refractivity contribution in [2.45, 2.75) is 25.5 Å². The second-order valence-corrected chi connectivity index (χ2v) is 10.3. The van der Waals surface area contributed by atoms with Crippen LogP contribution in [0, 0.1) is 5.82 Å². The van der Waals surface area contributed by atoms with E-state index < -0.39 is 11.4 Å². The van der Waals surface area contributed by atoms with Crippen molar-refractivity contribution in [3.63, 3.8) is 0 Å². The Bertz CT molecular complexity index is 1830. The SMILES string of the molecule is CC(C)Oc1ccc(-c2c(F)cc(N=C=O)cc2-c2nnn(C(c3ccccc3)(c3ccccc3)c3ccccc3)n2)cn1. The number of tetrazole rings is 1. The molecule has 0 N–H and O–H groups in total. The number of benzene rings is 4. The first-order valence-corrected chi connectivity index (χ1v) is 14.0. The summed E-state index contributed by atoms with van der Waals surface area (Å²) in [5, 5.41) is 13.9. The van der Waals surface area contributed by atoms with Gasteiger partial charge in [0.2, 0.25) is 17.8 Å². The van der Waals surface area contributed by atoms with E-state index in [1.165, 1.54) is 12.3 Å². The van der Waals surface area contributed by atoms with Crippen LogP contribution in [0.15, 0.2) is 126 Å². The van der Waals surface area contributed by atoms with Gasteiger partial charge < -0.3 is 4.74 Å². The predicted molar refractivity (Wildman–Crippen MR) is 165 cm³/mol. The summed E-state index contributed by atoms with van der Waals surface area (Å²) in [6.45, 7) is 3.80. The topological polar surface area (TPSA) is 95.2 Å². The first-order chi connectivity index (χ1) is 21.5. The van der Waals surface area contributed by atoms with Gasteiger partial charge >= 0.3 is 0 Å². The van der Waals surface area contributed by atoms with E-state index in [0.717, 1.165) is 22.8 Å². The number of ether oxygens (including phenoxy) is 1. The third-order valence-corrected chi connectivity index (χ3v) is 7.16. The van der Waals surface area contributed by atoms with Crippen molar-refractivity contribution in [3.05, 3.63) is 144 Å². The van der Waals surface area contributed by atoms with Crippen molar-refractivity contribution < 1.29 is 13.9 Å². The van der Waals surface area contributed by atoms with Gasteiger partial charge in [-0.15, -0.1) is 15.0 Å². The van der Waals surface area contributed by atoms with E-state index in [0.29, 0.717) is 11.4 Å². The van der Waals surface area contributed by atoms with Crippen LogP contribution in [0.1, 0.15) is 30.5 Å². The molecule has 0 radical (unpaired) electrons. The van der Waals surface area contributed by atoms with E-state index in [1.54, 1.807) is 23.0 Å². The fourth-order valence-corrected chi connectivity index (χ4v) is 5.37. The minimum absolute atomic E-state index is 0.0699. The molecule has 6 aromatic rings. The molecule has 216 valence electrons. The van der Waals surface area contributed by atoms with Gasteiger partial charge in [0.1, 0.15) is 5.82 Å². The smallest absolute Gasteiger partial charge is 0.240 e. The molecule has 0 aliphatic carbocycles. The van der Waals surface area contributed by atoms with Crippen LogP contribution in [-0.2, 0) is 10.3 Å². The number of isocyanates is 1. The third-order valence-electron chi connectivity index (χ3n) is 7.16. The average Bonchev–Trinajstić information content (AvgIpc) is 3.54. The highest BCUT2D eigenvalue weighted by Crippen LogP contribution is 2.41. The molecule has 4 aromatic carbocycles. The standard InChI is InChI=1S/C35H27FN6O2/c1-24(2)44-32-19-18-25(22-37-32)33-30(20-29(38-23-43)21-31(33)36)34-39-41-42(40-34)35(26-12-6-3-7-13-26,27-14-8-4-9-15-27)28-16-10-5-11-17-28/h3-22,24H,1-2H3. The van der Waals surface area contributed by atoms with Crippen LogP contribution in [0.5, 0.6) is 5.88 Å². The molecule has 9 heteroatoms. The largest absolute Gasteiger partial charge is 0.475 e. The average molecular weight is 583 g/mol. The minimum Gasteiger partial charge on any atom is -0.475 e. The molecule has 0 atom stereocenters. The highest BCUT2D eigenvalue weighted by Gasteiger charge is 2.41. The lowest BCUT2D eigenvalue weighted by Crippen LogP contribution is -2.39. The zero-order valence-electron chi connectivity index (χ0n) is 24.0. The fraction of sp³-hybridized carbons (Fsp3) is 0.114. The molecule has 2 aromatic heterocycles. The maximum Gasteiger partial charge on any atom is 0.240 e. The second-order valence-electron chi connectivity index (χ2n) is 10.3. The quantitative estimate of drug-likeness (QED) is 0.102. The Morgan fingerprint density at radius 1 is 0.841 bits per heavy atom. The maximum atomic E-state index is 15.8. The summed E-state index contributed by atoms with van der Waals surface area (Å²) in [7, 11) is 0. The summed E-state index contributed by atoms with van der Waals surface area (Å²) >= 11 is 0. The highest BCUT2D eigenvalue weighted by atomic mass is 19.1. The number of rotatable bonds is 9. The van der Waals surface area contributed by atoms with Gasteiger partial charge in [-0.05, 0) is 47.9 Å². The summed E-state index contributed by atoms with van der Waals surface area (Å²) in [5.74, 6) is -0.0838. The number of carbonyl (C=O) groups excluding carboxylic acids is 1. The molecule has 0 saturated heterocycles. The third kappa shape index (κ3) is 5.28. The van der Waals surface area contributed by atoms with Crippen molar-refractivity contribution in [2.75, 3.05) is 0 Å². The van der Waals surface area contributed by atoms with Gasteiger partial charge in [-0.2, -0.15) is 4.99 Å². The molecule has 0 aliphatic rings. The normalized spacial score (nSPS) is 11.3. The Morgan fingerprint density at radius 2 is 1.43 bits per heavy atom. The summed E-state index contributed by atoms with van der Waals surface area (Å²) in [6, 6.07) is 35.8. The number of aromatic nitrogens is 5. The molecule has 44 heavy (non-hydrogen) atoms. The molecule has 0 aliphatic heterocycles. The lowest BCUT2D eigenvalue weighted by Gasteiger charge is -2.34. The Balaban J connectivity index is 1.59. The van der Waals surface area contributed by atoms with Crippen LogP contribution in [0.2, 0.25) is 0 Å². The van der Waals surface area contributed by atoms with E-state index in [4.69, 9.17) is 9.84 Å². The number of halogens is 1. The molecule has 0 saturated carbocycles. The van der Waals surface area contributed by atoms with Crippen LogP contribution in [0.3, 0.4) is 0 Å². The molecule has 8 nitrogen and oxygen atoms in total. The predicted octanol–water partition coefficient (Wildman–Crippen LogP) is 7.14. The van der Waals surface area contributed by atoms with Crippen LogP contribution < -0.4 is 4.74 Å². The first-order valence-electron chi connectivity index (χ1n) is 14.0. The molecule has 6 rings (SSSR count). The second kappa shape index (κ2) is 12.2. The van der Waals surface area contributed by atoms with Crippen LogP contribution >= 0.6 is 0 Å². The van der Waals surface area contributed by atoms with Crippen LogP contribution in [0.25, 0.3) is 22.5 Å². The number of hydrogen-bond acceptors (Lipinski definition) is 7. The summed E-state index contributed by atoms with van der Waals surface area (Å²) in [6.07, 6.45) is 2.94. The lowest BCUT2D eigenvalue weighted by molar-refractivity contribution is 0.232. The molecular weight excluding hydrogens is 555 g/mol.